The van der Waals surface area contributed by atoms with Crippen molar-refractivity contribution in [3.63, 3.8) is 0 Å². The number of aromatic hydroxyl groups is 1. The largest absolute Gasteiger partial charge is 0.505 e. The normalized spacial score (nSPS) is 17.2. The molecule has 1 aliphatic heterocycles. The van der Waals surface area contributed by atoms with Gasteiger partial charge in [-0.15, -0.1) is 24.8 Å². The number of phenolic OH excluding ortho intramolecular Hbond substituents is 1. The second kappa shape index (κ2) is 8.59. The fraction of sp³-hybridized carbons (Fsp3) is 0.538. The molecule has 3 nitrogen and oxygen atoms in total. The van der Waals surface area contributed by atoms with Crippen LogP contribution in [0.3, 0.4) is 0 Å². The third kappa shape index (κ3) is 4.49. The van der Waals surface area contributed by atoms with E-state index in [0.29, 0.717) is 0 Å². The van der Waals surface area contributed by atoms with Gasteiger partial charge < -0.3 is 10.4 Å². The number of halogens is 3. The van der Waals surface area contributed by atoms with Gasteiger partial charge in [0.1, 0.15) is 0 Å². The Morgan fingerprint density at radius 3 is 2.47 bits per heavy atom. The van der Waals surface area contributed by atoms with Crippen LogP contribution in [0, 0.1) is 5.82 Å². The van der Waals surface area contributed by atoms with E-state index in [1.165, 1.54) is 12.1 Å². The lowest BCUT2D eigenvalue weighted by Gasteiger charge is -2.34. The highest BCUT2D eigenvalue weighted by molar-refractivity contribution is 5.85. The van der Waals surface area contributed by atoms with Gasteiger partial charge >= 0.3 is 0 Å². The molecule has 0 saturated carbocycles. The second-order valence-electron chi connectivity index (χ2n) is 4.42. The molecule has 0 unspecified atom stereocenters. The summed E-state index contributed by atoms with van der Waals surface area (Å²) >= 11 is 0. The van der Waals surface area contributed by atoms with Gasteiger partial charge in [-0.1, -0.05) is 13.0 Å². The average Bonchev–Trinajstić information content (AvgIpc) is 2.36. The summed E-state index contributed by atoms with van der Waals surface area (Å²) in [5.74, 6) is -0.806. The van der Waals surface area contributed by atoms with E-state index in [1.54, 1.807) is 0 Å². The average molecular weight is 311 g/mol. The van der Waals surface area contributed by atoms with Crippen LogP contribution >= 0.6 is 24.8 Å². The van der Waals surface area contributed by atoms with Gasteiger partial charge in [0.2, 0.25) is 0 Å². The summed E-state index contributed by atoms with van der Waals surface area (Å²) in [4.78, 5) is 2.36. The van der Waals surface area contributed by atoms with E-state index in [1.807, 2.05) is 6.07 Å². The van der Waals surface area contributed by atoms with Crippen molar-refractivity contribution in [2.24, 2.45) is 0 Å². The van der Waals surface area contributed by atoms with Crippen LogP contribution in [-0.4, -0.2) is 36.2 Å². The van der Waals surface area contributed by atoms with E-state index in [2.05, 4.69) is 17.1 Å². The number of piperazine rings is 1. The molecule has 2 N–H and O–H groups in total. The van der Waals surface area contributed by atoms with Crippen molar-refractivity contribution in [3.8, 4) is 5.75 Å². The Morgan fingerprint density at radius 2 is 1.95 bits per heavy atom. The minimum Gasteiger partial charge on any atom is -0.505 e. The number of nitrogens with one attached hydrogen (secondary N) is 1. The van der Waals surface area contributed by atoms with Gasteiger partial charge in [0.25, 0.3) is 0 Å². The number of phenols is 1. The molecule has 1 aliphatic rings. The van der Waals surface area contributed by atoms with Gasteiger partial charge in [-0.3, -0.25) is 4.90 Å². The third-order valence-electron chi connectivity index (χ3n) is 3.34. The Kier molecular flexibility index (Phi) is 8.34. The standard InChI is InChI=1S/C13H19FN2O.2ClH/c1-2-12(16-7-5-15-6-8-16)10-3-4-13(17)11(14)9-10;;/h3-4,9,12,15,17H,2,5-8H2,1H3;2*1H/t12-;;/m1../s1. The van der Waals surface area contributed by atoms with Gasteiger partial charge in [-0.2, -0.15) is 0 Å². The smallest absolute Gasteiger partial charge is 0.165 e. The van der Waals surface area contributed by atoms with Crippen LogP contribution in [0.1, 0.15) is 24.9 Å². The molecule has 1 fully saturated rings. The first-order valence-electron chi connectivity index (χ1n) is 6.15. The molecule has 1 aromatic carbocycles. The molecule has 2 rings (SSSR count). The maximum absolute atomic E-state index is 13.4. The predicted octanol–water partition coefficient (Wildman–Crippen LogP) is 2.73. The van der Waals surface area contributed by atoms with Gasteiger partial charge in [0.05, 0.1) is 0 Å². The molecule has 1 atom stereocenters. The summed E-state index contributed by atoms with van der Waals surface area (Å²) in [6.07, 6.45) is 0.949. The zero-order valence-corrected chi connectivity index (χ0v) is 12.6. The Morgan fingerprint density at radius 1 is 1.32 bits per heavy atom. The van der Waals surface area contributed by atoms with Crippen LogP contribution < -0.4 is 5.32 Å². The second-order valence-corrected chi connectivity index (χ2v) is 4.42. The lowest BCUT2D eigenvalue weighted by atomic mass is 10.0. The third-order valence-corrected chi connectivity index (χ3v) is 3.34. The molecule has 0 radical (unpaired) electrons. The van der Waals surface area contributed by atoms with E-state index in [9.17, 15) is 9.50 Å². The van der Waals surface area contributed by atoms with Crippen LogP contribution in [0.2, 0.25) is 0 Å². The summed E-state index contributed by atoms with van der Waals surface area (Å²) in [5.41, 5.74) is 0.949. The maximum Gasteiger partial charge on any atom is 0.165 e. The van der Waals surface area contributed by atoms with Crippen LogP contribution in [0.25, 0.3) is 0 Å². The minimum absolute atomic E-state index is 0. The molecule has 0 spiro atoms. The molecular weight excluding hydrogens is 290 g/mol. The fourth-order valence-corrected chi connectivity index (χ4v) is 2.43. The zero-order chi connectivity index (χ0) is 12.3. The molecule has 0 amide bonds. The monoisotopic (exact) mass is 310 g/mol. The maximum atomic E-state index is 13.4. The van der Waals surface area contributed by atoms with Crippen molar-refractivity contribution in [2.45, 2.75) is 19.4 Å². The first kappa shape index (κ1) is 18.4. The number of hydrogen-bond acceptors (Lipinski definition) is 3. The molecule has 0 aliphatic carbocycles. The number of rotatable bonds is 3. The lowest BCUT2D eigenvalue weighted by Crippen LogP contribution is -2.45. The highest BCUT2D eigenvalue weighted by Gasteiger charge is 2.21. The summed E-state index contributed by atoms with van der Waals surface area (Å²) in [5, 5.41) is 12.5. The molecule has 1 saturated heterocycles. The van der Waals surface area contributed by atoms with Crippen molar-refractivity contribution >= 4 is 24.8 Å². The first-order chi connectivity index (χ1) is 8.22. The van der Waals surface area contributed by atoms with Gasteiger partial charge in [-0.05, 0) is 24.1 Å². The highest BCUT2D eigenvalue weighted by atomic mass is 35.5. The van der Waals surface area contributed by atoms with Gasteiger partial charge in [-0.25, -0.2) is 4.39 Å². The van der Waals surface area contributed by atoms with E-state index < -0.39 is 5.82 Å². The van der Waals surface area contributed by atoms with Crippen LogP contribution in [0.4, 0.5) is 4.39 Å². The molecule has 1 aromatic rings. The van der Waals surface area contributed by atoms with Crippen molar-refractivity contribution in [3.05, 3.63) is 29.6 Å². The van der Waals surface area contributed by atoms with Crippen LogP contribution in [-0.2, 0) is 0 Å². The van der Waals surface area contributed by atoms with E-state index in [-0.39, 0.29) is 36.6 Å². The molecular formula is C13H21Cl2FN2O. The van der Waals surface area contributed by atoms with Crippen molar-refractivity contribution in [1.82, 2.24) is 10.2 Å². The Balaban J connectivity index is 0.00000162. The molecule has 6 heteroatoms. The van der Waals surface area contributed by atoms with Gasteiger partial charge in [0, 0.05) is 32.2 Å². The Bertz CT molecular complexity index is 387. The number of hydrogen-bond donors (Lipinski definition) is 2. The minimum atomic E-state index is -0.531. The van der Waals surface area contributed by atoms with Crippen LogP contribution in [0.15, 0.2) is 18.2 Å². The number of nitrogens with zero attached hydrogens (tertiary/aromatic N) is 1. The summed E-state index contributed by atoms with van der Waals surface area (Å²) < 4.78 is 13.4. The Hall–Kier alpha value is -0.550. The van der Waals surface area contributed by atoms with Crippen molar-refractivity contribution in [1.29, 1.82) is 0 Å². The topological polar surface area (TPSA) is 35.5 Å². The zero-order valence-electron chi connectivity index (χ0n) is 10.9. The molecule has 110 valence electrons. The highest BCUT2D eigenvalue weighted by Crippen LogP contribution is 2.27. The van der Waals surface area contributed by atoms with E-state index >= 15 is 0 Å². The SMILES string of the molecule is CC[C@H](c1ccc(O)c(F)c1)N1CCNCC1.Cl.Cl. The van der Waals surface area contributed by atoms with E-state index in [4.69, 9.17) is 0 Å². The lowest BCUT2D eigenvalue weighted by molar-refractivity contribution is 0.169. The van der Waals surface area contributed by atoms with Crippen molar-refractivity contribution < 1.29 is 9.50 Å². The summed E-state index contributed by atoms with van der Waals surface area (Å²) in [6, 6.07) is 4.95. The number of benzene rings is 1. The molecule has 19 heavy (non-hydrogen) atoms. The van der Waals surface area contributed by atoms with Gasteiger partial charge in [0.15, 0.2) is 11.6 Å². The van der Waals surface area contributed by atoms with Crippen LogP contribution in [0.5, 0.6) is 5.75 Å². The summed E-state index contributed by atoms with van der Waals surface area (Å²) in [6.45, 7) is 6.05. The predicted molar refractivity (Wildman–Crippen MR) is 80.0 cm³/mol. The Labute approximate surface area is 126 Å². The molecule has 0 aromatic heterocycles. The fourth-order valence-electron chi connectivity index (χ4n) is 2.43. The first-order valence-corrected chi connectivity index (χ1v) is 6.15. The quantitative estimate of drug-likeness (QED) is 0.901. The summed E-state index contributed by atoms with van der Waals surface area (Å²) in [7, 11) is 0. The molecule has 0 bridgehead atoms. The molecule has 1 heterocycles. The van der Waals surface area contributed by atoms with Crippen molar-refractivity contribution in [2.75, 3.05) is 26.2 Å². The van der Waals surface area contributed by atoms with E-state index in [0.717, 1.165) is 38.2 Å².